The van der Waals surface area contributed by atoms with Crippen LogP contribution in [0.15, 0.2) is 11.3 Å². The van der Waals surface area contributed by atoms with Crippen LogP contribution in [0, 0.1) is 11.3 Å². The first-order chi connectivity index (χ1) is 13.7. The van der Waals surface area contributed by atoms with Crippen LogP contribution < -0.4 is 5.32 Å². The molecule has 5 nitrogen and oxygen atoms in total. The number of likely N-dealkylation sites (tertiary alicyclic amines) is 1. The lowest BCUT2D eigenvalue weighted by Gasteiger charge is -2.43. The van der Waals surface area contributed by atoms with E-state index in [2.05, 4.69) is 22.0 Å². The van der Waals surface area contributed by atoms with E-state index in [0.717, 1.165) is 84.0 Å². The molecule has 5 rings (SSSR count). The zero-order chi connectivity index (χ0) is 19.1. The van der Waals surface area contributed by atoms with Crippen molar-refractivity contribution in [3.05, 3.63) is 11.3 Å². The third kappa shape index (κ3) is 3.14. The number of rotatable bonds is 2. The summed E-state index contributed by atoms with van der Waals surface area (Å²) < 4.78 is 5.67. The molecule has 3 fully saturated rings. The Kier molecular flexibility index (Phi) is 5.27. The van der Waals surface area contributed by atoms with Gasteiger partial charge in [0.15, 0.2) is 0 Å². The molecule has 4 aliphatic heterocycles. The first-order valence-electron chi connectivity index (χ1n) is 11.8. The fourth-order valence-corrected chi connectivity index (χ4v) is 6.62. The van der Waals surface area contributed by atoms with E-state index in [-0.39, 0.29) is 5.41 Å². The smallest absolute Gasteiger partial charge is 0.237 e. The van der Waals surface area contributed by atoms with Gasteiger partial charge in [-0.1, -0.05) is 6.92 Å². The SMILES string of the molecule is CC1CCC2=C(C1)C1(CCOCC1)C(=O)N2C1CCN(C2CCNCC2)CC1. The van der Waals surface area contributed by atoms with Gasteiger partial charge in [0.25, 0.3) is 0 Å². The minimum Gasteiger partial charge on any atom is -0.381 e. The lowest BCUT2D eigenvalue weighted by Crippen LogP contribution is -2.52. The van der Waals surface area contributed by atoms with Crippen molar-refractivity contribution in [3.63, 3.8) is 0 Å². The first kappa shape index (κ1) is 19.1. The van der Waals surface area contributed by atoms with Crippen LogP contribution in [0.25, 0.3) is 0 Å². The van der Waals surface area contributed by atoms with Crippen LogP contribution in [0.1, 0.15) is 64.7 Å². The van der Waals surface area contributed by atoms with E-state index in [0.29, 0.717) is 17.9 Å². The third-order valence-corrected chi connectivity index (χ3v) is 8.31. The molecule has 1 unspecified atom stereocenters. The van der Waals surface area contributed by atoms with Crippen molar-refractivity contribution >= 4 is 5.91 Å². The molecular formula is C23H37N3O2. The van der Waals surface area contributed by atoms with Gasteiger partial charge in [-0.2, -0.15) is 0 Å². The number of amides is 1. The summed E-state index contributed by atoms with van der Waals surface area (Å²) in [6.45, 7) is 8.50. The zero-order valence-corrected chi connectivity index (χ0v) is 17.5. The minimum atomic E-state index is -0.214. The number of carbonyl (C=O) groups is 1. The Morgan fingerprint density at radius 3 is 2.43 bits per heavy atom. The van der Waals surface area contributed by atoms with Crippen molar-refractivity contribution in [2.24, 2.45) is 11.3 Å². The van der Waals surface area contributed by atoms with Gasteiger partial charge >= 0.3 is 0 Å². The van der Waals surface area contributed by atoms with E-state index in [4.69, 9.17) is 4.74 Å². The Morgan fingerprint density at radius 2 is 1.71 bits per heavy atom. The average molecular weight is 388 g/mol. The van der Waals surface area contributed by atoms with E-state index in [1.165, 1.54) is 30.5 Å². The van der Waals surface area contributed by atoms with Crippen LogP contribution in [-0.4, -0.2) is 67.2 Å². The fourth-order valence-electron chi connectivity index (χ4n) is 6.62. The summed E-state index contributed by atoms with van der Waals surface area (Å²) >= 11 is 0. The normalized spacial score (nSPS) is 33.0. The molecule has 0 aromatic rings. The van der Waals surface area contributed by atoms with Crippen molar-refractivity contribution in [2.75, 3.05) is 39.4 Å². The van der Waals surface area contributed by atoms with Crippen molar-refractivity contribution in [1.82, 2.24) is 15.1 Å². The number of allylic oxidation sites excluding steroid dienone is 1. The van der Waals surface area contributed by atoms with Crippen molar-refractivity contribution in [3.8, 4) is 0 Å². The highest BCUT2D eigenvalue weighted by atomic mass is 16.5. The number of hydrogen-bond donors (Lipinski definition) is 1. The van der Waals surface area contributed by atoms with Crippen LogP contribution in [-0.2, 0) is 9.53 Å². The molecule has 5 heteroatoms. The van der Waals surface area contributed by atoms with E-state index in [1.807, 2.05) is 0 Å². The number of fused-ring (bicyclic) bond motifs is 1. The molecule has 0 aromatic heterocycles. The second kappa shape index (κ2) is 7.73. The maximum atomic E-state index is 13.8. The molecule has 156 valence electrons. The molecule has 1 aliphatic carbocycles. The first-order valence-corrected chi connectivity index (χ1v) is 11.8. The van der Waals surface area contributed by atoms with Gasteiger partial charge in [-0.25, -0.2) is 0 Å². The Hall–Kier alpha value is -0.910. The number of nitrogens with one attached hydrogen (secondary N) is 1. The van der Waals surface area contributed by atoms with Gasteiger partial charge in [0.2, 0.25) is 5.91 Å². The fraction of sp³-hybridized carbons (Fsp3) is 0.870. The van der Waals surface area contributed by atoms with Gasteiger partial charge < -0.3 is 19.9 Å². The molecule has 0 saturated carbocycles. The van der Waals surface area contributed by atoms with Crippen molar-refractivity contribution < 1.29 is 9.53 Å². The van der Waals surface area contributed by atoms with Crippen molar-refractivity contribution in [1.29, 1.82) is 0 Å². The highest BCUT2D eigenvalue weighted by Crippen LogP contribution is 2.54. The monoisotopic (exact) mass is 387 g/mol. The number of nitrogens with zero attached hydrogens (tertiary/aromatic N) is 2. The Morgan fingerprint density at radius 1 is 1.00 bits per heavy atom. The molecule has 1 amide bonds. The number of hydrogen-bond acceptors (Lipinski definition) is 4. The summed E-state index contributed by atoms with van der Waals surface area (Å²) in [6.07, 6.45) is 10.1. The molecule has 28 heavy (non-hydrogen) atoms. The van der Waals surface area contributed by atoms with Gasteiger partial charge in [0.05, 0.1) is 5.41 Å². The molecule has 0 bridgehead atoms. The lowest BCUT2D eigenvalue weighted by atomic mass is 9.69. The highest BCUT2D eigenvalue weighted by molar-refractivity contribution is 5.91. The maximum absolute atomic E-state index is 13.8. The lowest BCUT2D eigenvalue weighted by molar-refractivity contribution is -0.142. The Balaban J connectivity index is 1.34. The second-order valence-corrected chi connectivity index (χ2v) is 9.89. The van der Waals surface area contributed by atoms with Gasteiger partial charge in [0.1, 0.15) is 0 Å². The maximum Gasteiger partial charge on any atom is 0.237 e. The number of ether oxygens (including phenoxy) is 1. The molecule has 4 heterocycles. The summed E-state index contributed by atoms with van der Waals surface area (Å²) in [5.41, 5.74) is 2.74. The van der Waals surface area contributed by atoms with Crippen LogP contribution in [0.2, 0.25) is 0 Å². The Labute approximate surface area is 169 Å². The predicted molar refractivity (Wildman–Crippen MR) is 110 cm³/mol. The van der Waals surface area contributed by atoms with Crippen LogP contribution in [0.5, 0.6) is 0 Å². The molecule has 1 N–H and O–H groups in total. The van der Waals surface area contributed by atoms with E-state index < -0.39 is 0 Å². The number of piperidine rings is 2. The standard InChI is InChI=1S/C23H37N3O2/c1-17-2-3-21-20(16-17)23(8-14-28-15-9-23)22(27)26(21)19-6-12-25(13-7-19)18-4-10-24-11-5-18/h17-19,24H,2-16H2,1H3. The third-order valence-electron chi connectivity index (χ3n) is 8.31. The van der Waals surface area contributed by atoms with Gasteiger partial charge in [-0.15, -0.1) is 0 Å². The second-order valence-electron chi connectivity index (χ2n) is 9.89. The van der Waals surface area contributed by atoms with E-state index >= 15 is 0 Å². The molecular weight excluding hydrogens is 350 g/mol. The van der Waals surface area contributed by atoms with E-state index in [1.54, 1.807) is 0 Å². The summed E-state index contributed by atoms with van der Waals surface area (Å²) in [5, 5.41) is 3.48. The zero-order valence-electron chi connectivity index (χ0n) is 17.5. The summed E-state index contributed by atoms with van der Waals surface area (Å²) in [4.78, 5) is 18.9. The molecule has 1 atom stereocenters. The largest absolute Gasteiger partial charge is 0.381 e. The van der Waals surface area contributed by atoms with E-state index in [9.17, 15) is 4.79 Å². The van der Waals surface area contributed by atoms with Gasteiger partial charge in [0, 0.05) is 44.1 Å². The van der Waals surface area contributed by atoms with Gasteiger partial charge in [-0.05, 0) is 82.4 Å². The minimum absolute atomic E-state index is 0.214. The average Bonchev–Trinajstić information content (AvgIpc) is 2.97. The molecule has 0 aromatic carbocycles. The van der Waals surface area contributed by atoms with Crippen LogP contribution in [0.3, 0.4) is 0 Å². The molecule has 1 spiro atoms. The topological polar surface area (TPSA) is 44.8 Å². The summed E-state index contributed by atoms with van der Waals surface area (Å²) in [7, 11) is 0. The van der Waals surface area contributed by atoms with Crippen LogP contribution >= 0.6 is 0 Å². The van der Waals surface area contributed by atoms with Crippen LogP contribution in [0.4, 0.5) is 0 Å². The van der Waals surface area contributed by atoms with Gasteiger partial charge in [-0.3, -0.25) is 4.79 Å². The number of carbonyl (C=O) groups excluding carboxylic acids is 1. The predicted octanol–water partition coefficient (Wildman–Crippen LogP) is 2.92. The molecule has 5 aliphatic rings. The quantitative estimate of drug-likeness (QED) is 0.791. The Bertz CT molecular complexity index is 626. The highest BCUT2D eigenvalue weighted by Gasteiger charge is 2.55. The summed E-state index contributed by atoms with van der Waals surface area (Å²) in [5.74, 6) is 1.16. The van der Waals surface area contributed by atoms with Crippen molar-refractivity contribution in [2.45, 2.75) is 76.8 Å². The summed E-state index contributed by atoms with van der Waals surface area (Å²) in [6, 6.07) is 1.18. The molecule has 3 saturated heterocycles. The molecule has 0 radical (unpaired) electrons.